The van der Waals surface area contributed by atoms with Crippen LogP contribution >= 0.6 is 0 Å². The third-order valence-corrected chi connectivity index (χ3v) is 4.26. The number of furan rings is 1. The Hall–Kier alpha value is -2.27. The zero-order valence-corrected chi connectivity index (χ0v) is 13.3. The van der Waals surface area contributed by atoms with Crippen LogP contribution in [-0.4, -0.2) is 37.6 Å². The van der Waals surface area contributed by atoms with Gasteiger partial charge in [0.05, 0.1) is 19.4 Å². The molecule has 1 aromatic heterocycles. The predicted molar refractivity (Wildman–Crippen MR) is 87.6 cm³/mol. The van der Waals surface area contributed by atoms with E-state index in [-0.39, 0.29) is 11.9 Å². The van der Waals surface area contributed by atoms with E-state index in [9.17, 15) is 4.79 Å². The fourth-order valence-electron chi connectivity index (χ4n) is 2.98. The quantitative estimate of drug-likeness (QED) is 0.891. The average Bonchev–Trinajstić information content (AvgIpc) is 3.29. The first-order valence-electron chi connectivity index (χ1n) is 7.97. The number of methoxy groups -OCH3 is 1. The van der Waals surface area contributed by atoms with Gasteiger partial charge in [-0.25, -0.2) is 0 Å². The fraction of sp³-hybridized carbons (Fsp3) is 0.389. The van der Waals surface area contributed by atoms with Gasteiger partial charge in [-0.3, -0.25) is 9.69 Å². The SMILES string of the molecule is COc1ccc(C(=O)NCC(c2ccco2)N2CCCC2)cc1. The molecule has 0 spiro atoms. The third-order valence-electron chi connectivity index (χ3n) is 4.26. The van der Waals surface area contributed by atoms with E-state index in [4.69, 9.17) is 9.15 Å². The van der Waals surface area contributed by atoms with Gasteiger partial charge in [-0.05, 0) is 62.3 Å². The molecule has 0 radical (unpaired) electrons. The second-order valence-corrected chi connectivity index (χ2v) is 5.71. The largest absolute Gasteiger partial charge is 0.497 e. The Morgan fingerprint density at radius 1 is 1.26 bits per heavy atom. The number of carbonyl (C=O) groups is 1. The fourth-order valence-corrected chi connectivity index (χ4v) is 2.98. The Morgan fingerprint density at radius 3 is 2.61 bits per heavy atom. The summed E-state index contributed by atoms with van der Waals surface area (Å²) in [6.45, 7) is 2.63. The minimum atomic E-state index is -0.0802. The molecule has 1 aromatic carbocycles. The number of benzene rings is 1. The lowest BCUT2D eigenvalue weighted by Crippen LogP contribution is -2.36. The molecular formula is C18H22N2O3. The van der Waals surface area contributed by atoms with Crippen LogP contribution in [0.2, 0.25) is 0 Å². The number of hydrogen-bond acceptors (Lipinski definition) is 4. The number of ether oxygens (including phenoxy) is 1. The highest BCUT2D eigenvalue weighted by Gasteiger charge is 2.26. The van der Waals surface area contributed by atoms with Crippen LogP contribution in [0, 0.1) is 0 Å². The normalized spacial score (nSPS) is 16.2. The number of nitrogens with one attached hydrogen (secondary N) is 1. The summed E-state index contributed by atoms with van der Waals surface area (Å²) in [6, 6.07) is 11.1. The van der Waals surface area contributed by atoms with Crippen LogP contribution in [0.4, 0.5) is 0 Å². The van der Waals surface area contributed by atoms with Gasteiger partial charge < -0.3 is 14.5 Å². The van der Waals surface area contributed by atoms with E-state index in [0.29, 0.717) is 12.1 Å². The Labute approximate surface area is 136 Å². The Balaban J connectivity index is 1.64. The molecular weight excluding hydrogens is 292 g/mol. The molecule has 0 aliphatic carbocycles. The van der Waals surface area contributed by atoms with Gasteiger partial charge in [0.15, 0.2) is 0 Å². The minimum absolute atomic E-state index is 0.0802. The van der Waals surface area contributed by atoms with Crippen molar-refractivity contribution in [2.45, 2.75) is 18.9 Å². The van der Waals surface area contributed by atoms with Crippen molar-refractivity contribution < 1.29 is 13.9 Å². The van der Waals surface area contributed by atoms with Crippen LogP contribution in [0.5, 0.6) is 5.75 Å². The first-order valence-corrected chi connectivity index (χ1v) is 7.97. The first kappa shape index (κ1) is 15.6. The van der Waals surface area contributed by atoms with Gasteiger partial charge in [0, 0.05) is 12.1 Å². The van der Waals surface area contributed by atoms with Gasteiger partial charge >= 0.3 is 0 Å². The third kappa shape index (κ3) is 3.74. The molecule has 23 heavy (non-hydrogen) atoms. The van der Waals surface area contributed by atoms with Crippen molar-refractivity contribution >= 4 is 5.91 Å². The molecule has 0 bridgehead atoms. The highest BCUT2D eigenvalue weighted by atomic mass is 16.5. The Bertz CT molecular complexity index is 616. The van der Waals surface area contributed by atoms with E-state index in [0.717, 1.165) is 24.6 Å². The molecule has 2 heterocycles. The zero-order chi connectivity index (χ0) is 16.1. The van der Waals surface area contributed by atoms with E-state index in [2.05, 4.69) is 10.2 Å². The summed E-state index contributed by atoms with van der Waals surface area (Å²) < 4.78 is 10.7. The van der Waals surface area contributed by atoms with Crippen LogP contribution in [-0.2, 0) is 0 Å². The molecule has 1 saturated heterocycles. The molecule has 1 fully saturated rings. The van der Waals surface area contributed by atoms with Gasteiger partial charge in [-0.1, -0.05) is 0 Å². The van der Waals surface area contributed by atoms with Gasteiger partial charge in [-0.2, -0.15) is 0 Å². The maximum absolute atomic E-state index is 12.3. The smallest absolute Gasteiger partial charge is 0.251 e. The first-order chi connectivity index (χ1) is 11.3. The van der Waals surface area contributed by atoms with Crippen molar-refractivity contribution in [2.75, 3.05) is 26.7 Å². The average molecular weight is 314 g/mol. The number of amides is 1. The van der Waals surface area contributed by atoms with Crippen molar-refractivity contribution in [3.63, 3.8) is 0 Å². The number of hydrogen-bond donors (Lipinski definition) is 1. The van der Waals surface area contributed by atoms with E-state index in [1.807, 2.05) is 12.1 Å². The summed E-state index contributed by atoms with van der Waals surface area (Å²) in [4.78, 5) is 14.7. The number of rotatable bonds is 6. The van der Waals surface area contributed by atoms with E-state index in [1.54, 1.807) is 37.6 Å². The van der Waals surface area contributed by atoms with Gasteiger partial charge in [0.2, 0.25) is 0 Å². The Kier molecular flexibility index (Phi) is 4.98. The lowest BCUT2D eigenvalue weighted by molar-refractivity contribution is 0.0933. The molecule has 0 saturated carbocycles. The highest BCUT2D eigenvalue weighted by molar-refractivity contribution is 5.94. The molecule has 1 aliphatic heterocycles. The monoisotopic (exact) mass is 314 g/mol. The predicted octanol–water partition coefficient (Wildman–Crippen LogP) is 2.86. The topological polar surface area (TPSA) is 54.7 Å². The molecule has 1 unspecified atom stereocenters. The van der Waals surface area contributed by atoms with E-state index in [1.165, 1.54) is 12.8 Å². The summed E-state index contributed by atoms with van der Waals surface area (Å²) in [5.74, 6) is 1.57. The van der Waals surface area contributed by atoms with Crippen LogP contribution in [0.25, 0.3) is 0 Å². The summed E-state index contributed by atoms with van der Waals surface area (Å²) in [7, 11) is 1.61. The maximum atomic E-state index is 12.3. The zero-order valence-electron chi connectivity index (χ0n) is 13.3. The van der Waals surface area contributed by atoms with Crippen molar-refractivity contribution in [3.8, 4) is 5.75 Å². The van der Waals surface area contributed by atoms with Crippen molar-refractivity contribution in [3.05, 3.63) is 54.0 Å². The molecule has 2 aromatic rings. The van der Waals surface area contributed by atoms with Crippen molar-refractivity contribution in [1.82, 2.24) is 10.2 Å². The van der Waals surface area contributed by atoms with Crippen molar-refractivity contribution in [2.24, 2.45) is 0 Å². The Morgan fingerprint density at radius 2 is 2.00 bits per heavy atom. The standard InChI is InChI=1S/C18H22N2O3/c1-22-15-8-6-14(7-9-15)18(21)19-13-16(17-5-4-12-23-17)20-10-2-3-11-20/h4-9,12,16H,2-3,10-11,13H2,1H3,(H,19,21). The summed E-state index contributed by atoms with van der Waals surface area (Å²) in [5.41, 5.74) is 0.630. The molecule has 1 N–H and O–H groups in total. The van der Waals surface area contributed by atoms with Crippen LogP contribution in [0.1, 0.15) is 35.0 Å². The summed E-state index contributed by atoms with van der Waals surface area (Å²) >= 11 is 0. The summed E-state index contributed by atoms with van der Waals surface area (Å²) in [5, 5.41) is 3.02. The van der Waals surface area contributed by atoms with Gasteiger partial charge in [0.1, 0.15) is 11.5 Å². The number of carbonyl (C=O) groups excluding carboxylic acids is 1. The number of nitrogens with zero attached hydrogens (tertiary/aromatic N) is 1. The second-order valence-electron chi connectivity index (χ2n) is 5.71. The molecule has 3 rings (SSSR count). The maximum Gasteiger partial charge on any atom is 0.251 e. The van der Waals surface area contributed by atoms with Gasteiger partial charge in [-0.15, -0.1) is 0 Å². The second kappa shape index (κ2) is 7.33. The summed E-state index contributed by atoms with van der Waals surface area (Å²) in [6.07, 6.45) is 4.08. The molecule has 1 atom stereocenters. The molecule has 122 valence electrons. The van der Waals surface area contributed by atoms with Gasteiger partial charge in [0.25, 0.3) is 5.91 Å². The minimum Gasteiger partial charge on any atom is -0.497 e. The van der Waals surface area contributed by atoms with Crippen LogP contribution < -0.4 is 10.1 Å². The lowest BCUT2D eigenvalue weighted by Gasteiger charge is -2.26. The lowest BCUT2D eigenvalue weighted by atomic mass is 10.1. The van der Waals surface area contributed by atoms with Crippen LogP contribution in [0.3, 0.4) is 0 Å². The van der Waals surface area contributed by atoms with Crippen molar-refractivity contribution in [1.29, 1.82) is 0 Å². The molecule has 1 amide bonds. The van der Waals surface area contributed by atoms with E-state index < -0.39 is 0 Å². The molecule has 5 heteroatoms. The van der Waals surface area contributed by atoms with Crippen LogP contribution in [0.15, 0.2) is 47.1 Å². The molecule has 1 aliphatic rings. The molecule has 5 nitrogen and oxygen atoms in total. The highest BCUT2D eigenvalue weighted by Crippen LogP contribution is 2.25. The van der Waals surface area contributed by atoms with E-state index >= 15 is 0 Å². The number of likely N-dealkylation sites (tertiary alicyclic amines) is 1.